The zero-order chi connectivity index (χ0) is 47.6. The van der Waals surface area contributed by atoms with Gasteiger partial charge in [0.1, 0.15) is 11.6 Å². The lowest BCUT2D eigenvalue weighted by Crippen LogP contribution is -2.58. The molecular weight excluding hydrogens is 829 g/mol. The highest BCUT2D eigenvalue weighted by atomic mass is 16.8. The molecule has 6 saturated heterocycles. The van der Waals surface area contributed by atoms with Crippen LogP contribution in [0.25, 0.3) is 0 Å². The molecule has 6 aliphatic rings. The predicted octanol–water partition coefficient (Wildman–Crippen LogP) is 8.25. The monoisotopic (exact) mass is 915 g/mol. The normalized spacial score (nSPS) is 35.5. The molecule has 0 saturated carbocycles. The number of carbonyl (C=O) groups excluding carboxylic acids is 3. The van der Waals surface area contributed by atoms with E-state index in [4.69, 9.17) is 56.8 Å². The Morgan fingerprint density at radius 1 is 0.438 bits per heavy atom. The van der Waals surface area contributed by atoms with E-state index in [1.54, 1.807) is 20.8 Å². The molecule has 15 nitrogen and oxygen atoms in total. The highest BCUT2D eigenvalue weighted by Gasteiger charge is 2.51. The molecule has 64 heavy (non-hydrogen) atoms. The van der Waals surface area contributed by atoms with Gasteiger partial charge in [0.05, 0.1) is 102 Å². The topological polar surface area (TPSA) is 162 Å². The second-order valence-electron chi connectivity index (χ2n) is 21.6. The molecule has 6 rings (SSSR count). The van der Waals surface area contributed by atoms with Gasteiger partial charge >= 0.3 is 0 Å². The van der Waals surface area contributed by atoms with Crippen molar-refractivity contribution in [1.82, 2.24) is 0 Å². The van der Waals surface area contributed by atoms with Crippen LogP contribution in [0.3, 0.4) is 0 Å². The van der Waals surface area contributed by atoms with Gasteiger partial charge in [0, 0.05) is 32.6 Å². The van der Waals surface area contributed by atoms with Gasteiger partial charge in [-0.25, -0.2) is 0 Å². The SMILES string of the molecule is CC(=O)C1(C)OCC2(COC(C)(C)OC2)CO1.CC(=O)CCC1(C)OCC2(CO1)COC(C)(CC(C)C)OC2.CCCCCCCCC1(C)OCC2(CO1)COC(C)(CC(C)=O)OC2. The number of hydrogen-bond donors (Lipinski definition) is 0. The highest BCUT2D eigenvalue weighted by Crippen LogP contribution is 2.41. The van der Waals surface area contributed by atoms with E-state index >= 15 is 0 Å². The fourth-order valence-corrected chi connectivity index (χ4v) is 8.22. The minimum atomic E-state index is -1.11. The van der Waals surface area contributed by atoms with Gasteiger partial charge in [-0.1, -0.05) is 52.9 Å². The summed E-state index contributed by atoms with van der Waals surface area (Å²) in [6.07, 6.45) is 10.8. The second-order valence-corrected chi connectivity index (χ2v) is 21.6. The van der Waals surface area contributed by atoms with Crippen LogP contribution in [0.2, 0.25) is 0 Å². The van der Waals surface area contributed by atoms with Crippen LogP contribution in [0.5, 0.6) is 0 Å². The fourth-order valence-electron chi connectivity index (χ4n) is 8.22. The average molecular weight is 915 g/mol. The van der Waals surface area contributed by atoms with Crippen LogP contribution in [0.4, 0.5) is 0 Å². The van der Waals surface area contributed by atoms with Crippen molar-refractivity contribution < 1.29 is 71.2 Å². The van der Waals surface area contributed by atoms with Crippen LogP contribution < -0.4 is 0 Å². The first-order chi connectivity index (χ1) is 29.7. The second kappa shape index (κ2) is 22.8. The van der Waals surface area contributed by atoms with E-state index in [0.717, 1.165) is 19.3 Å². The lowest BCUT2D eigenvalue weighted by Gasteiger charge is -2.50. The van der Waals surface area contributed by atoms with Crippen molar-refractivity contribution in [1.29, 1.82) is 0 Å². The van der Waals surface area contributed by atoms with E-state index in [1.165, 1.54) is 39.0 Å². The van der Waals surface area contributed by atoms with Crippen molar-refractivity contribution in [2.24, 2.45) is 22.2 Å². The van der Waals surface area contributed by atoms with Gasteiger partial charge in [-0.15, -0.1) is 0 Å². The van der Waals surface area contributed by atoms with Crippen molar-refractivity contribution in [3.8, 4) is 0 Å². The van der Waals surface area contributed by atoms with Crippen LogP contribution in [0, 0.1) is 22.2 Å². The molecule has 0 aliphatic carbocycles. The van der Waals surface area contributed by atoms with Crippen molar-refractivity contribution in [2.75, 3.05) is 79.3 Å². The number of rotatable bonds is 15. The number of unbranched alkanes of at least 4 members (excludes halogenated alkanes) is 5. The number of ether oxygens (including phenoxy) is 12. The molecular formula is C49H86O15. The predicted molar refractivity (Wildman–Crippen MR) is 238 cm³/mol. The van der Waals surface area contributed by atoms with Crippen LogP contribution in [0.1, 0.15) is 161 Å². The zero-order valence-electron chi connectivity index (χ0n) is 42.0. The summed E-state index contributed by atoms with van der Waals surface area (Å²) in [7, 11) is 0. The van der Waals surface area contributed by atoms with Crippen molar-refractivity contribution in [3.63, 3.8) is 0 Å². The molecule has 0 unspecified atom stereocenters. The van der Waals surface area contributed by atoms with Gasteiger partial charge in [0.2, 0.25) is 5.79 Å². The maximum atomic E-state index is 11.4. The molecule has 372 valence electrons. The van der Waals surface area contributed by atoms with Crippen LogP contribution in [-0.2, 0) is 71.2 Å². The fraction of sp³-hybridized carbons (Fsp3) is 0.939. The van der Waals surface area contributed by atoms with E-state index in [1.807, 2.05) is 41.5 Å². The van der Waals surface area contributed by atoms with Crippen molar-refractivity contribution >= 4 is 17.3 Å². The maximum Gasteiger partial charge on any atom is 0.225 e. The first-order valence-electron chi connectivity index (χ1n) is 23.9. The molecule has 0 aromatic heterocycles. The smallest absolute Gasteiger partial charge is 0.225 e. The molecule has 6 heterocycles. The molecule has 0 amide bonds. The van der Waals surface area contributed by atoms with Gasteiger partial charge < -0.3 is 61.6 Å². The summed E-state index contributed by atoms with van der Waals surface area (Å²) >= 11 is 0. The average Bonchev–Trinajstić information content (AvgIpc) is 3.23. The van der Waals surface area contributed by atoms with Crippen LogP contribution in [-0.4, -0.2) is 131 Å². The Labute approximate surface area is 384 Å². The third-order valence-electron chi connectivity index (χ3n) is 13.1. The summed E-state index contributed by atoms with van der Waals surface area (Å²) in [6.45, 7) is 30.6. The lowest BCUT2D eigenvalue weighted by molar-refractivity contribution is -0.363. The first kappa shape index (κ1) is 55.1. The zero-order valence-corrected chi connectivity index (χ0v) is 42.0. The Hall–Kier alpha value is -1.47. The van der Waals surface area contributed by atoms with E-state index in [2.05, 4.69) is 20.8 Å². The Kier molecular flexibility index (Phi) is 19.6. The van der Waals surface area contributed by atoms with E-state index in [0.29, 0.717) is 98.0 Å². The van der Waals surface area contributed by atoms with E-state index in [9.17, 15) is 14.4 Å². The highest BCUT2D eigenvalue weighted by molar-refractivity contribution is 5.83. The third-order valence-corrected chi connectivity index (χ3v) is 13.1. The van der Waals surface area contributed by atoms with Gasteiger partial charge in [0.25, 0.3) is 0 Å². The maximum absolute atomic E-state index is 11.4. The molecule has 0 aromatic carbocycles. The summed E-state index contributed by atoms with van der Waals surface area (Å²) in [5, 5.41) is 0. The quantitative estimate of drug-likeness (QED) is 0.144. The Morgan fingerprint density at radius 2 is 0.797 bits per heavy atom. The number of ketones is 3. The molecule has 0 atom stereocenters. The van der Waals surface area contributed by atoms with Crippen LogP contribution >= 0.6 is 0 Å². The summed E-state index contributed by atoms with van der Waals surface area (Å²) in [4.78, 5) is 33.9. The standard InChI is InChI=1S/C20H36O5.C17H30O5.C12H20O5/c1-5-6-7-8-9-10-11-18(3)22-13-20(14-23-18)15-24-19(4,25-16-20)12-17(2)21;1-13(2)8-16(5)21-11-17(12-22-16)9-19-15(4,20-10-17)7-6-14(3)18;1-9(13)11(4)16-7-12(8-17-11)5-14-10(2,3)15-6-12/h5-16H2,1-4H3;13H,6-12H2,1-5H3;5-8H2,1-4H3. The largest absolute Gasteiger partial charge is 0.350 e. The summed E-state index contributed by atoms with van der Waals surface area (Å²) in [5.74, 6) is -3.51. The molecule has 0 N–H and O–H groups in total. The Bertz CT molecular complexity index is 1450. The number of carbonyl (C=O) groups is 3. The van der Waals surface area contributed by atoms with Crippen molar-refractivity contribution in [2.45, 2.75) is 195 Å². The van der Waals surface area contributed by atoms with E-state index in [-0.39, 0.29) is 40.0 Å². The Morgan fingerprint density at radius 3 is 1.19 bits per heavy atom. The lowest BCUT2D eigenvalue weighted by atomic mass is 9.88. The molecule has 6 aliphatic heterocycles. The molecule has 0 bridgehead atoms. The minimum absolute atomic E-state index is 0.0705. The molecule has 15 heteroatoms. The molecule has 0 aromatic rings. The Balaban J connectivity index is 0.000000214. The van der Waals surface area contributed by atoms with E-state index < -0.39 is 34.7 Å². The number of hydrogen-bond acceptors (Lipinski definition) is 15. The summed E-state index contributed by atoms with van der Waals surface area (Å²) in [5.41, 5.74) is -0.770. The third kappa shape index (κ3) is 16.6. The summed E-state index contributed by atoms with van der Waals surface area (Å²) < 4.78 is 70.1. The summed E-state index contributed by atoms with van der Waals surface area (Å²) in [6, 6.07) is 0. The van der Waals surface area contributed by atoms with Gasteiger partial charge in [-0.3, -0.25) is 9.59 Å². The van der Waals surface area contributed by atoms with Crippen molar-refractivity contribution in [3.05, 3.63) is 0 Å². The van der Waals surface area contributed by atoms with Gasteiger partial charge in [0.15, 0.2) is 34.7 Å². The number of Topliss-reactive ketones (excluding diaryl/α,β-unsaturated/α-hetero) is 3. The molecule has 0 radical (unpaired) electrons. The minimum Gasteiger partial charge on any atom is -0.350 e. The van der Waals surface area contributed by atoms with Crippen LogP contribution in [0.15, 0.2) is 0 Å². The molecule has 3 spiro atoms. The van der Waals surface area contributed by atoms with Gasteiger partial charge in [-0.2, -0.15) is 0 Å². The van der Waals surface area contributed by atoms with Gasteiger partial charge in [-0.05, 0) is 74.7 Å². The molecule has 6 fully saturated rings. The first-order valence-corrected chi connectivity index (χ1v) is 23.9.